The summed E-state index contributed by atoms with van der Waals surface area (Å²) >= 11 is 0. The third-order valence-corrected chi connectivity index (χ3v) is 3.74. The van der Waals surface area contributed by atoms with Gasteiger partial charge in [-0.05, 0) is 36.9 Å². The number of rotatable bonds is 8. The van der Waals surface area contributed by atoms with Crippen molar-refractivity contribution in [1.29, 1.82) is 0 Å². The highest BCUT2D eigenvalue weighted by molar-refractivity contribution is 5.25. The van der Waals surface area contributed by atoms with E-state index in [2.05, 4.69) is 24.4 Å². The van der Waals surface area contributed by atoms with Crippen molar-refractivity contribution in [2.45, 2.75) is 44.7 Å². The van der Waals surface area contributed by atoms with Crippen LogP contribution in [0.2, 0.25) is 0 Å². The summed E-state index contributed by atoms with van der Waals surface area (Å²) in [6, 6.07) is 9.06. The Labute approximate surface area is 120 Å². The lowest BCUT2D eigenvalue weighted by molar-refractivity contribution is 0.0975. The molecule has 1 aromatic carbocycles. The van der Waals surface area contributed by atoms with Gasteiger partial charge in [0.05, 0.1) is 6.54 Å². The third-order valence-electron chi connectivity index (χ3n) is 3.74. The maximum atomic E-state index is 12.3. The van der Waals surface area contributed by atoms with Crippen molar-refractivity contribution in [3.8, 4) is 0 Å². The molecule has 1 aromatic rings. The van der Waals surface area contributed by atoms with Gasteiger partial charge < -0.3 is 5.32 Å². The Morgan fingerprint density at radius 3 is 2.45 bits per heavy atom. The van der Waals surface area contributed by atoms with E-state index in [0.717, 1.165) is 18.2 Å². The molecule has 20 heavy (non-hydrogen) atoms. The van der Waals surface area contributed by atoms with E-state index < -0.39 is 6.43 Å². The second-order valence-corrected chi connectivity index (χ2v) is 5.91. The zero-order chi connectivity index (χ0) is 14.5. The molecule has 0 spiro atoms. The monoisotopic (exact) mass is 282 g/mol. The zero-order valence-corrected chi connectivity index (χ0v) is 12.3. The minimum atomic E-state index is -2.27. The van der Waals surface area contributed by atoms with E-state index >= 15 is 0 Å². The number of halogens is 2. The molecular weight excluding hydrogens is 258 g/mol. The summed E-state index contributed by atoms with van der Waals surface area (Å²) in [6.45, 7) is 3.62. The Balaban J connectivity index is 1.81. The first-order chi connectivity index (χ1) is 9.54. The van der Waals surface area contributed by atoms with E-state index in [1.54, 1.807) is 11.9 Å². The molecule has 0 aromatic heterocycles. The van der Waals surface area contributed by atoms with Gasteiger partial charge in [-0.3, -0.25) is 4.90 Å². The van der Waals surface area contributed by atoms with Crippen LogP contribution >= 0.6 is 0 Å². The Morgan fingerprint density at radius 2 is 1.90 bits per heavy atom. The molecule has 2 rings (SSSR count). The maximum absolute atomic E-state index is 12.3. The highest BCUT2D eigenvalue weighted by Gasteiger charge is 2.21. The van der Waals surface area contributed by atoms with Gasteiger partial charge in [0, 0.05) is 19.1 Å². The minimum absolute atomic E-state index is 0.177. The fraction of sp³-hybridized carbons (Fsp3) is 0.625. The largest absolute Gasteiger partial charge is 0.313 e. The summed E-state index contributed by atoms with van der Waals surface area (Å²) in [4.78, 5) is 1.65. The molecule has 2 nitrogen and oxygen atoms in total. The number of benzene rings is 1. The summed E-state index contributed by atoms with van der Waals surface area (Å²) in [5.74, 6) is 0.489. The lowest BCUT2D eigenvalue weighted by atomic mass is 9.99. The van der Waals surface area contributed by atoms with Crippen molar-refractivity contribution in [3.63, 3.8) is 0 Å². The smallest absolute Gasteiger partial charge is 0.251 e. The molecule has 0 aliphatic heterocycles. The third kappa shape index (κ3) is 5.17. The van der Waals surface area contributed by atoms with Crippen LogP contribution in [0, 0.1) is 0 Å². The molecular formula is C16H24F2N2. The molecule has 0 saturated heterocycles. The second kappa shape index (κ2) is 7.14. The summed E-state index contributed by atoms with van der Waals surface area (Å²) in [6.07, 6.45) is 0.345. The highest BCUT2D eigenvalue weighted by atomic mass is 19.3. The van der Waals surface area contributed by atoms with Crippen LogP contribution in [0.5, 0.6) is 0 Å². The van der Waals surface area contributed by atoms with Gasteiger partial charge in [0.1, 0.15) is 0 Å². The summed E-state index contributed by atoms with van der Waals surface area (Å²) in [5.41, 5.74) is 2.39. The van der Waals surface area contributed by atoms with E-state index in [0.29, 0.717) is 12.5 Å². The molecule has 0 heterocycles. The van der Waals surface area contributed by atoms with Crippen molar-refractivity contribution >= 4 is 0 Å². The number of nitrogens with zero attached hydrogens (tertiary/aromatic N) is 1. The number of hydrogen-bond donors (Lipinski definition) is 1. The number of alkyl halides is 2. The average Bonchev–Trinajstić information content (AvgIpc) is 3.19. The Kier molecular flexibility index (Phi) is 5.49. The average molecular weight is 282 g/mol. The zero-order valence-electron chi connectivity index (χ0n) is 12.3. The van der Waals surface area contributed by atoms with Crippen LogP contribution in [0.15, 0.2) is 24.3 Å². The van der Waals surface area contributed by atoms with Crippen molar-refractivity contribution in [1.82, 2.24) is 10.2 Å². The first-order valence-corrected chi connectivity index (χ1v) is 7.33. The van der Waals surface area contributed by atoms with Crippen LogP contribution in [0.25, 0.3) is 0 Å². The summed E-state index contributed by atoms with van der Waals surface area (Å²) < 4.78 is 24.5. The van der Waals surface area contributed by atoms with Gasteiger partial charge in [0.2, 0.25) is 0 Å². The quantitative estimate of drug-likeness (QED) is 0.787. The van der Waals surface area contributed by atoms with Crippen molar-refractivity contribution < 1.29 is 8.78 Å². The topological polar surface area (TPSA) is 15.3 Å². The maximum Gasteiger partial charge on any atom is 0.251 e. The van der Waals surface area contributed by atoms with Crippen LogP contribution in [0.1, 0.15) is 36.8 Å². The molecule has 0 bridgehead atoms. The van der Waals surface area contributed by atoms with Gasteiger partial charge >= 0.3 is 0 Å². The Morgan fingerprint density at radius 1 is 1.25 bits per heavy atom. The van der Waals surface area contributed by atoms with Gasteiger partial charge in [0.15, 0.2) is 0 Å². The SMILES string of the molecule is CC(CNC1CC1)c1ccc(CN(C)CC(F)F)cc1. The first kappa shape index (κ1) is 15.4. The molecule has 0 amide bonds. The number of nitrogens with one attached hydrogen (secondary N) is 1. The summed E-state index contributed by atoms with van der Waals surface area (Å²) in [7, 11) is 1.72. The molecule has 1 aliphatic carbocycles. The Hall–Kier alpha value is -1.00. The van der Waals surface area contributed by atoms with E-state index in [9.17, 15) is 8.78 Å². The molecule has 1 N–H and O–H groups in total. The normalized spacial score (nSPS) is 16.9. The van der Waals surface area contributed by atoms with Crippen molar-refractivity contribution in [2.75, 3.05) is 20.1 Å². The van der Waals surface area contributed by atoms with Crippen LogP contribution in [0.3, 0.4) is 0 Å². The van der Waals surface area contributed by atoms with E-state index in [1.165, 1.54) is 18.4 Å². The first-order valence-electron chi connectivity index (χ1n) is 7.33. The molecule has 0 radical (unpaired) electrons. The van der Waals surface area contributed by atoms with Gasteiger partial charge in [-0.25, -0.2) is 8.78 Å². The van der Waals surface area contributed by atoms with Gasteiger partial charge in [-0.1, -0.05) is 31.2 Å². The van der Waals surface area contributed by atoms with Crippen LogP contribution in [-0.2, 0) is 6.54 Å². The summed E-state index contributed by atoms with van der Waals surface area (Å²) in [5, 5.41) is 3.53. The van der Waals surface area contributed by atoms with E-state index in [1.807, 2.05) is 12.1 Å². The second-order valence-electron chi connectivity index (χ2n) is 5.91. The highest BCUT2D eigenvalue weighted by Crippen LogP contribution is 2.21. The predicted molar refractivity (Wildman–Crippen MR) is 78.2 cm³/mol. The molecule has 1 unspecified atom stereocenters. The predicted octanol–water partition coefficient (Wildman–Crippen LogP) is 3.24. The lowest BCUT2D eigenvalue weighted by Crippen LogP contribution is -2.24. The van der Waals surface area contributed by atoms with Gasteiger partial charge in [0.25, 0.3) is 6.43 Å². The minimum Gasteiger partial charge on any atom is -0.313 e. The fourth-order valence-corrected chi connectivity index (χ4v) is 2.31. The Bertz CT molecular complexity index is 401. The van der Waals surface area contributed by atoms with Crippen LogP contribution in [0.4, 0.5) is 8.78 Å². The van der Waals surface area contributed by atoms with Gasteiger partial charge in [-0.2, -0.15) is 0 Å². The van der Waals surface area contributed by atoms with Gasteiger partial charge in [-0.15, -0.1) is 0 Å². The fourth-order valence-electron chi connectivity index (χ4n) is 2.31. The molecule has 1 saturated carbocycles. The molecule has 1 aliphatic rings. The van der Waals surface area contributed by atoms with Crippen LogP contribution < -0.4 is 5.32 Å². The molecule has 1 fully saturated rings. The van der Waals surface area contributed by atoms with Crippen LogP contribution in [-0.4, -0.2) is 37.5 Å². The van der Waals surface area contributed by atoms with Crippen molar-refractivity contribution in [3.05, 3.63) is 35.4 Å². The standard InChI is InChI=1S/C16H24F2N2/c1-12(9-19-15-7-8-15)14-5-3-13(4-6-14)10-20(2)11-16(17)18/h3-6,12,15-16,19H,7-11H2,1-2H3. The molecule has 112 valence electrons. The van der Waals surface area contributed by atoms with E-state index in [4.69, 9.17) is 0 Å². The van der Waals surface area contributed by atoms with E-state index in [-0.39, 0.29) is 6.54 Å². The molecule has 4 heteroatoms. The number of hydrogen-bond acceptors (Lipinski definition) is 2. The lowest BCUT2D eigenvalue weighted by Gasteiger charge is -2.17. The molecule has 1 atom stereocenters. The van der Waals surface area contributed by atoms with Crippen molar-refractivity contribution in [2.24, 2.45) is 0 Å².